The van der Waals surface area contributed by atoms with Crippen LogP contribution in [0.4, 0.5) is 0 Å². The van der Waals surface area contributed by atoms with Crippen LogP contribution in [0, 0.1) is 0 Å². The van der Waals surface area contributed by atoms with Gasteiger partial charge in [-0.15, -0.1) is 11.3 Å². The lowest BCUT2D eigenvalue weighted by Crippen LogP contribution is -2.03. The molecule has 96 valence electrons. The Kier molecular flexibility index (Phi) is 3.51. The Morgan fingerprint density at radius 2 is 2.00 bits per heavy atom. The first-order chi connectivity index (χ1) is 9.28. The second-order valence-electron chi connectivity index (χ2n) is 4.33. The van der Waals surface area contributed by atoms with Gasteiger partial charge in [-0.25, -0.2) is 4.98 Å². The van der Waals surface area contributed by atoms with Gasteiger partial charge in [0.1, 0.15) is 5.01 Å². The summed E-state index contributed by atoms with van der Waals surface area (Å²) in [5.41, 5.74) is 9.04. The Hall–Kier alpha value is -1.42. The van der Waals surface area contributed by atoms with Crippen LogP contribution in [0.25, 0.3) is 20.8 Å². The fourth-order valence-corrected chi connectivity index (χ4v) is 3.29. The molecule has 0 bridgehead atoms. The third kappa shape index (κ3) is 2.50. The fraction of sp³-hybridized carbons (Fsp3) is 0.133. The number of aromatic nitrogens is 1. The molecule has 4 heteroatoms. The van der Waals surface area contributed by atoms with Crippen molar-refractivity contribution in [2.45, 2.75) is 6.42 Å². The van der Waals surface area contributed by atoms with Gasteiger partial charge in [0.15, 0.2) is 0 Å². The van der Waals surface area contributed by atoms with E-state index in [1.807, 2.05) is 30.3 Å². The van der Waals surface area contributed by atoms with Crippen molar-refractivity contribution in [1.82, 2.24) is 4.98 Å². The first kappa shape index (κ1) is 12.6. The lowest BCUT2D eigenvalue weighted by atomic mass is 10.1. The molecule has 1 heterocycles. The topological polar surface area (TPSA) is 38.9 Å². The predicted octanol–water partition coefficient (Wildman–Crippen LogP) is 4.12. The number of nitrogens with two attached hydrogens (primary N) is 1. The summed E-state index contributed by atoms with van der Waals surface area (Å²) >= 11 is 7.69. The van der Waals surface area contributed by atoms with Crippen molar-refractivity contribution in [1.29, 1.82) is 0 Å². The van der Waals surface area contributed by atoms with E-state index in [0.29, 0.717) is 6.54 Å². The molecule has 0 unspecified atom stereocenters. The van der Waals surface area contributed by atoms with Gasteiger partial charge >= 0.3 is 0 Å². The molecule has 3 aromatic rings. The maximum absolute atomic E-state index is 6.00. The van der Waals surface area contributed by atoms with Gasteiger partial charge in [0.2, 0.25) is 0 Å². The monoisotopic (exact) mass is 288 g/mol. The summed E-state index contributed by atoms with van der Waals surface area (Å²) < 4.78 is 1.15. The van der Waals surface area contributed by atoms with Crippen molar-refractivity contribution in [2.75, 3.05) is 6.54 Å². The molecule has 0 saturated carbocycles. The molecule has 0 amide bonds. The third-order valence-corrected chi connectivity index (χ3v) is 4.32. The van der Waals surface area contributed by atoms with E-state index in [-0.39, 0.29) is 0 Å². The van der Waals surface area contributed by atoms with Crippen LogP contribution in [0.2, 0.25) is 5.02 Å². The average molecular weight is 289 g/mol. The van der Waals surface area contributed by atoms with Crippen LogP contribution in [0.5, 0.6) is 0 Å². The second kappa shape index (κ2) is 5.29. The van der Waals surface area contributed by atoms with Crippen molar-refractivity contribution >= 4 is 33.2 Å². The molecule has 0 aliphatic carbocycles. The van der Waals surface area contributed by atoms with Crippen LogP contribution in [-0.4, -0.2) is 11.5 Å². The molecular formula is C15H13ClN2S. The van der Waals surface area contributed by atoms with Gasteiger partial charge in [0, 0.05) is 10.6 Å². The summed E-state index contributed by atoms with van der Waals surface area (Å²) in [5, 5.41) is 1.75. The smallest absolute Gasteiger partial charge is 0.124 e. The van der Waals surface area contributed by atoms with E-state index in [4.69, 9.17) is 17.3 Å². The number of hydrogen-bond acceptors (Lipinski definition) is 3. The van der Waals surface area contributed by atoms with Crippen LogP contribution in [0.3, 0.4) is 0 Å². The molecule has 0 saturated heterocycles. The fourth-order valence-electron chi connectivity index (χ4n) is 2.12. The van der Waals surface area contributed by atoms with Gasteiger partial charge in [-0.3, -0.25) is 0 Å². The number of hydrogen-bond donors (Lipinski definition) is 1. The molecule has 0 spiro atoms. The summed E-state index contributed by atoms with van der Waals surface area (Å²) in [7, 11) is 0. The quantitative estimate of drug-likeness (QED) is 0.787. The van der Waals surface area contributed by atoms with Gasteiger partial charge in [-0.2, -0.15) is 0 Å². The van der Waals surface area contributed by atoms with Crippen LogP contribution in [0.1, 0.15) is 5.56 Å². The Bertz CT molecular complexity index is 721. The molecule has 2 nitrogen and oxygen atoms in total. The zero-order chi connectivity index (χ0) is 13.2. The normalized spacial score (nSPS) is 11.1. The van der Waals surface area contributed by atoms with Crippen molar-refractivity contribution in [2.24, 2.45) is 5.73 Å². The first-order valence-electron chi connectivity index (χ1n) is 6.12. The van der Waals surface area contributed by atoms with Crippen LogP contribution in [-0.2, 0) is 6.42 Å². The van der Waals surface area contributed by atoms with Crippen molar-refractivity contribution in [3.05, 3.63) is 53.1 Å². The van der Waals surface area contributed by atoms with E-state index in [2.05, 4.69) is 17.1 Å². The van der Waals surface area contributed by atoms with Crippen LogP contribution in [0.15, 0.2) is 42.5 Å². The van der Waals surface area contributed by atoms with E-state index in [1.54, 1.807) is 11.3 Å². The molecule has 0 aliphatic rings. The van der Waals surface area contributed by atoms with E-state index in [0.717, 1.165) is 26.7 Å². The van der Waals surface area contributed by atoms with Gasteiger partial charge in [-0.05, 0) is 36.7 Å². The lowest BCUT2D eigenvalue weighted by Gasteiger charge is -2.04. The van der Waals surface area contributed by atoms with Gasteiger partial charge in [0.25, 0.3) is 0 Å². The van der Waals surface area contributed by atoms with Crippen molar-refractivity contribution < 1.29 is 0 Å². The zero-order valence-electron chi connectivity index (χ0n) is 10.3. The maximum atomic E-state index is 6.00. The predicted molar refractivity (Wildman–Crippen MR) is 82.8 cm³/mol. The summed E-state index contributed by atoms with van der Waals surface area (Å²) in [5.74, 6) is 0. The molecule has 0 fully saturated rings. The highest BCUT2D eigenvalue weighted by molar-refractivity contribution is 7.21. The Balaban J connectivity index is 2.13. The summed E-state index contributed by atoms with van der Waals surface area (Å²) in [6, 6.07) is 14.1. The molecular weight excluding hydrogens is 276 g/mol. The van der Waals surface area contributed by atoms with Gasteiger partial charge < -0.3 is 5.73 Å². The maximum Gasteiger partial charge on any atom is 0.124 e. The van der Waals surface area contributed by atoms with E-state index in [9.17, 15) is 0 Å². The molecule has 2 N–H and O–H groups in total. The van der Waals surface area contributed by atoms with Crippen LogP contribution < -0.4 is 5.73 Å². The SMILES string of the molecule is NCCc1ccccc1-c1nc2cc(Cl)ccc2s1. The van der Waals surface area contributed by atoms with Gasteiger partial charge in [0.05, 0.1) is 10.2 Å². The minimum absolute atomic E-state index is 0.647. The number of fused-ring (bicyclic) bond motifs is 1. The highest BCUT2D eigenvalue weighted by Gasteiger charge is 2.10. The molecule has 3 rings (SSSR count). The summed E-state index contributed by atoms with van der Waals surface area (Å²) in [6.07, 6.45) is 0.868. The van der Waals surface area contributed by atoms with Crippen molar-refractivity contribution in [3.63, 3.8) is 0 Å². The summed E-state index contributed by atoms with van der Waals surface area (Å²) in [4.78, 5) is 4.68. The van der Waals surface area contributed by atoms with Crippen LogP contribution >= 0.6 is 22.9 Å². The third-order valence-electron chi connectivity index (χ3n) is 3.01. The highest BCUT2D eigenvalue weighted by Crippen LogP contribution is 2.33. The number of thiazole rings is 1. The lowest BCUT2D eigenvalue weighted by molar-refractivity contribution is 0.970. The molecule has 0 radical (unpaired) electrons. The number of benzene rings is 2. The van der Waals surface area contributed by atoms with Gasteiger partial charge in [-0.1, -0.05) is 35.9 Å². The molecule has 19 heavy (non-hydrogen) atoms. The molecule has 1 aromatic heterocycles. The Morgan fingerprint density at radius 3 is 2.84 bits per heavy atom. The Labute approximate surface area is 120 Å². The standard InChI is InChI=1S/C15H13ClN2S/c16-11-5-6-14-13(9-11)18-15(19-14)12-4-2-1-3-10(12)7-8-17/h1-6,9H,7-8,17H2. The molecule has 0 aliphatic heterocycles. The second-order valence-corrected chi connectivity index (χ2v) is 5.79. The number of halogens is 1. The Morgan fingerprint density at radius 1 is 1.16 bits per heavy atom. The number of rotatable bonds is 3. The van der Waals surface area contributed by atoms with E-state index in [1.165, 1.54) is 11.1 Å². The first-order valence-corrected chi connectivity index (χ1v) is 7.32. The molecule has 2 aromatic carbocycles. The van der Waals surface area contributed by atoms with E-state index < -0.39 is 0 Å². The van der Waals surface area contributed by atoms with Crippen molar-refractivity contribution in [3.8, 4) is 10.6 Å². The minimum Gasteiger partial charge on any atom is -0.330 e. The minimum atomic E-state index is 0.647. The average Bonchev–Trinajstić information content (AvgIpc) is 2.82. The zero-order valence-corrected chi connectivity index (χ0v) is 11.8. The summed E-state index contributed by atoms with van der Waals surface area (Å²) in [6.45, 7) is 0.647. The molecule has 0 atom stereocenters. The highest BCUT2D eigenvalue weighted by atomic mass is 35.5. The van der Waals surface area contributed by atoms with E-state index >= 15 is 0 Å². The number of nitrogens with zero attached hydrogens (tertiary/aromatic N) is 1. The largest absolute Gasteiger partial charge is 0.330 e.